The number of pyridine rings is 2. The highest BCUT2D eigenvalue weighted by Crippen LogP contribution is 2.41. The minimum Gasteiger partial charge on any atom is -0.465 e. The first kappa shape index (κ1) is 27.5. The van der Waals surface area contributed by atoms with Gasteiger partial charge < -0.3 is 14.2 Å². The minimum absolute atomic E-state index is 0.0883. The molecule has 1 amide bonds. The van der Waals surface area contributed by atoms with E-state index >= 15 is 0 Å². The Balaban J connectivity index is 1.56. The van der Waals surface area contributed by atoms with Crippen LogP contribution in [0.4, 0.5) is 14.5 Å². The first-order valence-corrected chi connectivity index (χ1v) is 14.0. The van der Waals surface area contributed by atoms with Gasteiger partial charge in [0, 0.05) is 43.2 Å². The molecule has 12 heteroatoms. The van der Waals surface area contributed by atoms with E-state index in [0.29, 0.717) is 45.3 Å². The fourth-order valence-corrected chi connectivity index (χ4v) is 6.27. The number of hydrogen-bond donors (Lipinski definition) is 0. The standard InChI is InChI=1S/C30H25F2N5O4S/c1-16-11-18(15-35(2)29(16)39)17-9-10-36-24(12-17)34-26(27(36)28-33-14-23(42-28)30(40)41-3)22-5-4-6-25(38)37(22)19-7-8-20(31)21(32)13-19/h7-15,22H,4-6H2,1-3H3/t22-/m0/s1. The third-order valence-corrected chi connectivity index (χ3v) is 8.37. The van der Waals surface area contributed by atoms with Gasteiger partial charge in [-0.1, -0.05) is 0 Å². The summed E-state index contributed by atoms with van der Waals surface area (Å²) >= 11 is 1.13. The highest BCUT2D eigenvalue weighted by atomic mass is 32.1. The van der Waals surface area contributed by atoms with Crippen LogP contribution >= 0.6 is 11.3 Å². The summed E-state index contributed by atoms with van der Waals surface area (Å²) < 4.78 is 36.3. The van der Waals surface area contributed by atoms with Crippen LogP contribution in [0.3, 0.4) is 0 Å². The molecule has 5 aromatic rings. The molecule has 1 aromatic carbocycles. The van der Waals surface area contributed by atoms with Gasteiger partial charge in [0.1, 0.15) is 21.2 Å². The molecule has 4 aromatic heterocycles. The van der Waals surface area contributed by atoms with E-state index in [1.165, 1.54) is 28.8 Å². The molecule has 1 fully saturated rings. The maximum absolute atomic E-state index is 14.3. The Morgan fingerprint density at radius 3 is 2.64 bits per heavy atom. The predicted octanol–water partition coefficient (Wildman–Crippen LogP) is 5.45. The van der Waals surface area contributed by atoms with Gasteiger partial charge >= 0.3 is 5.97 Å². The number of aryl methyl sites for hydroxylation is 2. The van der Waals surface area contributed by atoms with Gasteiger partial charge in [-0.05, 0) is 61.2 Å². The van der Waals surface area contributed by atoms with Gasteiger partial charge in [-0.3, -0.25) is 14.0 Å². The van der Waals surface area contributed by atoms with E-state index in [1.54, 1.807) is 20.2 Å². The molecule has 0 saturated carbocycles. The van der Waals surface area contributed by atoms with Crippen LogP contribution in [-0.4, -0.2) is 37.9 Å². The summed E-state index contributed by atoms with van der Waals surface area (Å²) in [4.78, 5) is 49.0. The first-order valence-electron chi connectivity index (χ1n) is 13.2. The number of rotatable bonds is 5. The highest BCUT2D eigenvalue weighted by molar-refractivity contribution is 7.16. The Hall–Kier alpha value is -4.71. The van der Waals surface area contributed by atoms with Gasteiger partial charge in [-0.25, -0.2) is 23.5 Å². The van der Waals surface area contributed by atoms with E-state index < -0.39 is 23.6 Å². The Kier molecular flexibility index (Phi) is 6.93. The number of ether oxygens (including phenoxy) is 1. The average Bonchev–Trinajstić information content (AvgIpc) is 3.61. The molecule has 0 radical (unpaired) electrons. The average molecular weight is 590 g/mol. The summed E-state index contributed by atoms with van der Waals surface area (Å²) in [6.07, 6.45) is 6.34. The number of thiazole rings is 1. The number of benzene rings is 1. The lowest BCUT2D eigenvalue weighted by Crippen LogP contribution is -2.38. The number of carbonyl (C=O) groups is 2. The number of esters is 1. The summed E-state index contributed by atoms with van der Waals surface area (Å²) in [6, 6.07) is 8.34. The molecule has 0 aliphatic carbocycles. The van der Waals surface area contributed by atoms with Gasteiger partial charge in [0.05, 0.1) is 25.0 Å². The number of carbonyl (C=O) groups excluding carboxylic acids is 2. The molecule has 0 unspecified atom stereocenters. The zero-order chi connectivity index (χ0) is 29.7. The van der Waals surface area contributed by atoms with Gasteiger partial charge in [0.2, 0.25) is 5.91 Å². The topological polar surface area (TPSA) is 98.8 Å². The van der Waals surface area contributed by atoms with Crippen molar-refractivity contribution in [1.82, 2.24) is 18.9 Å². The second kappa shape index (κ2) is 10.6. The molecule has 5 heterocycles. The second-order valence-corrected chi connectivity index (χ2v) is 11.1. The van der Waals surface area contributed by atoms with Crippen molar-refractivity contribution in [2.24, 2.45) is 7.05 Å². The third kappa shape index (κ3) is 4.67. The highest BCUT2D eigenvalue weighted by Gasteiger charge is 2.36. The van der Waals surface area contributed by atoms with Gasteiger partial charge in [0.25, 0.3) is 5.56 Å². The molecule has 1 saturated heterocycles. The quantitative estimate of drug-likeness (QED) is 0.253. The number of fused-ring (bicyclic) bond motifs is 1. The summed E-state index contributed by atoms with van der Waals surface area (Å²) in [6.45, 7) is 1.75. The first-order chi connectivity index (χ1) is 20.2. The van der Waals surface area contributed by atoms with E-state index in [0.717, 1.165) is 34.6 Å². The van der Waals surface area contributed by atoms with Crippen molar-refractivity contribution < 1.29 is 23.1 Å². The van der Waals surface area contributed by atoms with Crippen molar-refractivity contribution in [3.05, 3.63) is 93.1 Å². The summed E-state index contributed by atoms with van der Waals surface area (Å²) in [5.74, 6) is -2.83. The van der Waals surface area contributed by atoms with E-state index in [9.17, 15) is 23.2 Å². The molecular formula is C30H25F2N5O4S. The number of piperidine rings is 1. The molecule has 214 valence electrons. The van der Waals surface area contributed by atoms with Crippen LogP contribution < -0.4 is 10.5 Å². The van der Waals surface area contributed by atoms with E-state index in [1.807, 2.05) is 28.8 Å². The van der Waals surface area contributed by atoms with Crippen molar-refractivity contribution in [2.75, 3.05) is 12.0 Å². The SMILES string of the molecule is COC(=O)c1cnc(-c2c([C@@H]3CCCC(=O)N3c3ccc(F)c(F)c3)nc3cc(-c4cc(C)c(=O)n(C)c4)ccn23)s1. The number of nitrogens with zero attached hydrogens (tertiary/aromatic N) is 5. The van der Waals surface area contributed by atoms with E-state index in [4.69, 9.17) is 9.72 Å². The van der Waals surface area contributed by atoms with Gasteiger partial charge in [-0.15, -0.1) is 11.3 Å². The molecule has 0 bridgehead atoms. The fourth-order valence-electron chi connectivity index (χ4n) is 5.39. The number of anilines is 1. The molecule has 9 nitrogen and oxygen atoms in total. The van der Waals surface area contributed by atoms with Crippen LogP contribution in [0.25, 0.3) is 27.5 Å². The van der Waals surface area contributed by atoms with E-state index in [2.05, 4.69) is 4.98 Å². The number of methoxy groups -OCH3 is 1. The van der Waals surface area contributed by atoms with Crippen LogP contribution in [0.1, 0.15) is 46.2 Å². The minimum atomic E-state index is -1.06. The zero-order valence-corrected chi connectivity index (χ0v) is 23.7. The van der Waals surface area contributed by atoms with Crippen molar-refractivity contribution in [3.8, 4) is 21.8 Å². The Morgan fingerprint density at radius 1 is 1.10 bits per heavy atom. The van der Waals surface area contributed by atoms with Crippen LogP contribution in [0.2, 0.25) is 0 Å². The number of hydrogen-bond acceptors (Lipinski definition) is 7. The van der Waals surface area contributed by atoms with Crippen LogP contribution in [-0.2, 0) is 16.6 Å². The molecular weight excluding hydrogens is 564 g/mol. The fraction of sp³-hybridized carbons (Fsp3) is 0.233. The maximum atomic E-state index is 14.3. The molecule has 6 rings (SSSR count). The largest absolute Gasteiger partial charge is 0.465 e. The number of imidazole rings is 1. The van der Waals surface area contributed by atoms with Gasteiger partial charge in [0.15, 0.2) is 11.6 Å². The second-order valence-electron chi connectivity index (χ2n) is 10.1. The molecule has 42 heavy (non-hydrogen) atoms. The predicted molar refractivity (Wildman–Crippen MR) is 153 cm³/mol. The van der Waals surface area contributed by atoms with Crippen molar-refractivity contribution in [3.63, 3.8) is 0 Å². The van der Waals surface area contributed by atoms with E-state index in [-0.39, 0.29) is 23.6 Å². The smallest absolute Gasteiger partial charge is 0.349 e. The molecule has 1 aliphatic heterocycles. The summed E-state index contributed by atoms with van der Waals surface area (Å²) in [5.41, 5.74) is 3.99. The lowest BCUT2D eigenvalue weighted by Gasteiger charge is -2.35. The Morgan fingerprint density at radius 2 is 1.90 bits per heavy atom. The van der Waals surface area contributed by atoms with Crippen molar-refractivity contribution >= 4 is 34.5 Å². The molecule has 1 aliphatic rings. The Labute approximate surface area is 242 Å². The maximum Gasteiger partial charge on any atom is 0.349 e. The number of aromatic nitrogens is 4. The lowest BCUT2D eigenvalue weighted by molar-refractivity contribution is -0.120. The lowest BCUT2D eigenvalue weighted by atomic mass is 9.96. The van der Waals surface area contributed by atoms with Crippen LogP contribution in [0.15, 0.2) is 59.8 Å². The van der Waals surface area contributed by atoms with Crippen LogP contribution in [0.5, 0.6) is 0 Å². The number of amides is 1. The van der Waals surface area contributed by atoms with Crippen molar-refractivity contribution in [1.29, 1.82) is 0 Å². The molecule has 1 atom stereocenters. The van der Waals surface area contributed by atoms with Crippen molar-refractivity contribution in [2.45, 2.75) is 32.2 Å². The third-order valence-electron chi connectivity index (χ3n) is 7.39. The monoisotopic (exact) mass is 589 g/mol. The normalized spacial score (nSPS) is 15.4. The number of halogens is 2. The Bertz CT molecular complexity index is 1920. The molecule has 0 N–H and O–H groups in total. The van der Waals surface area contributed by atoms with Gasteiger partial charge in [-0.2, -0.15) is 0 Å². The summed E-state index contributed by atoms with van der Waals surface area (Å²) in [5, 5.41) is 0.479. The summed E-state index contributed by atoms with van der Waals surface area (Å²) in [7, 11) is 2.98. The van der Waals surface area contributed by atoms with Crippen LogP contribution in [0, 0.1) is 18.6 Å². The molecule has 0 spiro atoms. The zero-order valence-electron chi connectivity index (χ0n) is 22.9.